The number of epoxide rings is 2. The third-order valence-electron chi connectivity index (χ3n) is 5.28. The molecule has 3 rings (SSSR count). The van der Waals surface area contributed by atoms with Crippen molar-refractivity contribution in [1.29, 1.82) is 0 Å². The summed E-state index contributed by atoms with van der Waals surface area (Å²) in [5.74, 6) is 0.339. The van der Waals surface area contributed by atoms with Gasteiger partial charge in [0.2, 0.25) is 0 Å². The highest BCUT2D eigenvalue weighted by atomic mass is 16.6. The van der Waals surface area contributed by atoms with E-state index in [2.05, 4.69) is 20.4 Å². The fourth-order valence-electron chi connectivity index (χ4n) is 3.40. The molecule has 6 atom stereocenters. The van der Waals surface area contributed by atoms with Gasteiger partial charge in [-0.05, 0) is 52.4 Å². The number of aliphatic hydroxyl groups excluding tert-OH is 1. The first-order valence-electron chi connectivity index (χ1n) is 7.04. The van der Waals surface area contributed by atoms with E-state index < -0.39 is 0 Å². The van der Waals surface area contributed by atoms with E-state index >= 15 is 0 Å². The maximum absolute atomic E-state index is 10.4. The quantitative estimate of drug-likeness (QED) is 0.576. The summed E-state index contributed by atoms with van der Waals surface area (Å²) in [5, 5.41) is 10.4. The molecule has 3 aliphatic rings. The van der Waals surface area contributed by atoms with Crippen molar-refractivity contribution in [1.82, 2.24) is 0 Å². The molecule has 1 aliphatic carbocycles. The van der Waals surface area contributed by atoms with Crippen LogP contribution in [0.2, 0.25) is 0 Å². The average molecular weight is 252 g/mol. The molecule has 6 unspecified atom stereocenters. The van der Waals surface area contributed by atoms with E-state index in [1.807, 2.05) is 6.92 Å². The van der Waals surface area contributed by atoms with Gasteiger partial charge >= 0.3 is 0 Å². The van der Waals surface area contributed by atoms with Gasteiger partial charge in [-0.2, -0.15) is 0 Å². The van der Waals surface area contributed by atoms with Crippen molar-refractivity contribution in [2.24, 2.45) is 5.92 Å². The molecule has 2 aliphatic heterocycles. The largest absolute Gasteiger partial charge is 0.390 e. The summed E-state index contributed by atoms with van der Waals surface area (Å²) in [4.78, 5) is 0. The molecule has 0 bridgehead atoms. The van der Waals surface area contributed by atoms with Gasteiger partial charge in [0.15, 0.2) is 0 Å². The van der Waals surface area contributed by atoms with Crippen molar-refractivity contribution < 1.29 is 14.6 Å². The Kier molecular flexibility index (Phi) is 2.68. The molecule has 0 spiro atoms. The van der Waals surface area contributed by atoms with Crippen LogP contribution in [0.1, 0.15) is 46.5 Å². The Morgan fingerprint density at radius 3 is 2.61 bits per heavy atom. The van der Waals surface area contributed by atoms with Gasteiger partial charge < -0.3 is 14.6 Å². The second kappa shape index (κ2) is 3.81. The lowest BCUT2D eigenvalue weighted by Gasteiger charge is -2.24. The van der Waals surface area contributed by atoms with E-state index in [1.54, 1.807) is 0 Å². The fraction of sp³-hybridized carbons (Fsp3) is 0.867. The fourth-order valence-corrected chi connectivity index (χ4v) is 3.40. The molecule has 3 nitrogen and oxygen atoms in total. The summed E-state index contributed by atoms with van der Waals surface area (Å²) < 4.78 is 11.6. The molecule has 1 saturated carbocycles. The number of ether oxygens (including phenoxy) is 2. The average Bonchev–Trinajstić information content (AvgIpc) is 3.13. The minimum Gasteiger partial charge on any atom is -0.390 e. The first-order chi connectivity index (χ1) is 8.35. The Hall–Kier alpha value is -0.380. The number of hydrogen-bond acceptors (Lipinski definition) is 3. The Morgan fingerprint density at radius 2 is 1.94 bits per heavy atom. The van der Waals surface area contributed by atoms with Crippen LogP contribution in [0.4, 0.5) is 0 Å². The van der Waals surface area contributed by atoms with E-state index in [9.17, 15) is 5.11 Å². The van der Waals surface area contributed by atoms with Crippen molar-refractivity contribution >= 4 is 0 Å². The second-order valence-electron chi connectivity index (χ2n) is 6.78. The number of fused-ring (bicyclic) bond motifs is 2. The zero-order valence-corrected chi connectivity index (χ0v) is 11.6. The maximum atomic E-state index is 10.4. The standard InChI is InChI=1S/C15H24O3/c1-9(2)10-7-11(16)15(4)12(18-15)5-6-14(3)13(8-10)17-14/h10-13,16H,1,5-8H2,2-4H3. The molecule has 3 heteroatoms. The van der Waals surface area contributed by atoms with Crippen LogP contribution in [0.3, 0.4) is 0 Å². The summed E-state index contributed by atoms with van der Waals surface area (Å²) in [7, 11) is 0. The van der Waals surface area contributed by atoms with Crippen LogP contribution in [0, 0.1) is 5.92 Å². The molecule has 0 amide bonds. The Balaban J connectivity index is 1.78. The molecule has 0 aromatic carbocycles. The van der Waals surface area contributed by atoms with Gasteiger partial charge in [0.1, 0.15) is 5.60 Å². The third kappa shape index (κ3) is 1.93. The van der Waals surface area contributed by atoms with Crippen LogP contribution in [-0.2, 0) is 9.47 Å². The van der Waals surface area contributed by atoms with Crippen molar-refractivity contribution in [2.45, 2.75) is 76.0 Å². The SMILES string of the molecule is C=C(C)C1CC2OC2(C)CCC2OC2(C)C(O)C1. The molecule has 102 valence electrons. The topological polar surface area (TPSA) is 45.3 Å². The summed E-state index contributed by atoms with van der Waals surface area (Å²) in [6.45, 7) is 10.4. The number of rotatable bonds is 1. The van der Waals surface area contributed by atoms with Crippen LogP contribution >= 0.6 is 0 Å². The molecular weight excluding hydrogens is 228 g/mol. The molecular formula is C15H24O3. The van der Waals surface area contributed by atoms with Gasteiger partial charge in [-0.15, -0.1) is 0 Å². The normalized spacial score (nSPS) is 55.1. The Morgan fingerprint density at radius 1 is 1.22 bits per heavy atom. The third-order valence-corrected chi connectivity index (χ3v) is 5.28. The van der Waals surface area contributed by atoms with E-state index in [0.29, 0.717) is 12.0 Å². The predicted molar refractivity (Wildman–Crippen MR) is 69.3 cm³/mol. The predicted octanol–water partition coefficient (Wildman–Crippen LogP) is 2.43. The van der Waals surface area contributed by atoms with Crippen molar-refractivity contribution in [3.8, 4) is 0 Å². The number of hydrogen-bond donors (Lipinski definition) is 1. The van der Waals surface area contributed by atoms with E-state index in [0.717, 1.165) is 31.3 Å². The first kappa shape index (κ1) is 12.6. The highest BCUT2D eigenvalue weighted by Crippen LogP contribution is 2.52. The molecule has 0 aromatic heterocycles. The summed E-state index contributed by atoms with van der Waals surface area (Å²) in [6.07, 6.45) is 3.94. The molecule has 2 saturated heterocycles. The Labute approximate surface area is 109 Å². The minimum atomic E-state index is -0.382. The van der Waals surface area contributed by atoms with Gasteiger partial charge in [-0.3, -0.25) is 0 Å². The molecule has 2 heterocycles. The van der Waals surface area contributed by atoms with Crippen molar-refractivity contribution in [3.63, 3.8) is 0 Å². The monoisotopic (exact) mass is 252 g/mol. The second-order valence-corrected chi connectivity index (χ2v) is 6.78. The number of allylic oxidation sites excluding steroid dienone is 1. The van der Waals surface area contributed by atoms with Gasteiger partial charge in [-0.1, -0.05) is 12.2 Å². The van der Waals surface area contributed by atoms with Gasteiger partial charge in [0.25, 0.3) is 0 Å². The number of aliphatic hydroxyl groups is 1. The maximum Gasteiger partial charge on any atom is 0.118 e. The van der Waals surface area contributed by atoms with Crippen molar-refractivity contribution in [3.05, 3.63) is 12.2 Å². The van der Waals surface area contributed by atoms with Gasteiger partial charge in [-0.25, -0.2) is 0 Å². The summed E-state index contributed by atoms with van der Waals surface area (Å²) in [5.41, 5.74) is 0.863. The zero-order chi connectivity index (χ0) is 13.1. The molecule has 3 fully saturated rings. The molecule has 0 aromatic rings. The van der Waals surface area contributed by atoms with E-state index in [1.165, 1.54) is 0 Å². The summed E-state index contributed by atoms with van der Waals surface area (Å²) >= 11 is 0. The smallest absolute Gasteiger partial charge is 0.118 e. The molecule has 0 radical (unpaired) electrons. The van der Waals surface area contributed by atoms with Crippen LogP contribution in [0.25, 0.3) is 0 Å². The van der Waals surface area contributed by atoms with Crippen LogP contribution < -0.4 is 0 Å². The van der Waals surface area contributed by atoms with Crippen LogP contribution in [0.15, 0.2) is 12.2 Å². The van der Waals surface area contributed by atoms with Gasteiger partial charge in [0.05, 0.1) is 23.9 Å². The zero-order valence-electron chi connectivity index (χ0n) is 11.6. The molecule has 1 N–H and O–H groups in total. The van der Waals surface area contributed by atoms with Crippen molar-refractivity contribution in [2.75, 3.05) is 0 Å². The lowest BCUT2D eigenvalue weighted by molar-refractivity contribution is 0.0650. The lowest BCUT2D eigenvalue weighted by atomic mass is 9.81. The van der Waals surface area contributed by atoms with Gasteiger partial charge in [0, 0.05) is 0 Å². The van der Waals surface area contributed by atoms with E-state index in [4.69, 9.17) is 9.47 Å². The minimum absolute atomic E-state index is 0.0445. The van der Waals surface area contributed by atoms with Crippen LogP contribution in [-0.4, -0.2) is 34.6 Å². The Bertz CT molecular complexity index is 380. The first-order valence-corrected chi connectivity index (χ1v) is 7.04. The lowest BCUT2D eigenvalue weighted by Crippen LogP contribution is -2.33. The van der Waals surface area contributed by atoms with Crippen LogP contribution in [0.5, 0.6) is 0 Å². The highest BCUT2D eigenvalue weighted by molar-refractivity contribution is 5.12. The highest BCUT2D eigenvalue weighted by Gasteiger charge is 2.61. The summed E-state index contributed by atoms with van der Waals surface area (Å²) in [6, 6.07) is 0. The molecule has 18 heavy (non-hydrogen) atoms. The van der Waals surface area contributed by atoms with E-state index in [-0.39, 0.29) is 23.4 Å².